The number of amides is 1. The summed E-state index contributed by atoms with van der Waals surface area (Å²) in [6.07, 6.45) is 1.71. The Labute approximate surface area is 167 Å². The summed E-state index contributed by atoms with van der Waals surface area (Å²) < 4.78 is 1.52. The summed E-state index contributed by atoms with van der Waals surface area (Å²) in [7, 11) is 0. The summed E-state index contributed by atoms with van der Waals surface area (Å²) in [5.41, 5.74) is 3.59. The van der Waals surface area contributed by atoms with Crippen molar-refractivity contribution in [1.29, 1.82) is 5.26 Å². The molecule has 28 heavy (non-hydrogen) atoms. The number of benzene rings is 2. The van der Waals surface area contributed by atoms with Gasteiger partial charge in [-0.05, 0) is 30.7 Å². The van der Waals surface area contributed by atoms with Gasteiger partial charge >= 0.3 is 0 Å². The van der Waals surface area contributed by atoms with Crippen LogP contribution >= 0.6 is 11.6 Å². The lowest BCUT2D eigenvalue weighted by Crippen LogP contribution is -2.37. The van der Waals surface area contributed by atoms with E-state index >= 15 is 0 Å². The minimum atomic E-state index is -0.893. The molecule has 0 N–H and O–H groups in total. The van der Waals surface area contributed by atoms with Crippen molar-refractivity contribution in [1.82, 2.24) is 4.57 Å². The Morgan fingerprint density at radius 2 is 1.82 bits per heavy atom. The smallest absolute Gasteiger partial charge is 0.259 e. The Hall–Kier alpha value is -3.36. The first-order valence-corrected chi connectivity index (χ1v) is 9.13. The van der Waals surface area contributed by atoms with E-state index in [2.05, 4.69) is 6.07 Å². The number of halogens is 1. The van der Waals surface area contributed by atoms with Gasteiger partial charge in [0.2, 0.25) is 5.91 Å². The van der Waals surface area contributed by atoms with Crippen molar-refractivity contribution in [2.45, 2.75) is 19.9 Å². The molecule has 1 unspecified atom stereocenters. The van der Waals surface area contributed by atoms with Crippen LogP contribution in [0.15, 0.2) is 54.7 Å². The Morgan fingerprint density at radius 1 is 1.11 bits per heavy atom. The molecule has 4 rings (SSSR count). The maximum atomic E-state index is 13.4. The zero-order valence-corrected chi connectivity index (χ0v) is 16.1. The zero-order valence-electron chi connectivity index (χ0n) is 15.3. The van der Waals surface area contributed by atoms with Crippen LogP contribution in [0.3, 0.4) is 0 Å². The second-order valence-corrected chi connectivity index (χ2v) is 7.08. The maximum absolute atomic E-state index is 13.4. The van der Waals surface area contributed by atoms with Crippen LogP contribution in [0, 0.1) is 18.3 Å². The van der Waals surface area contributed by atoms with Crippen molar-refractivity contribution in [2.75, 3.05) is 4.90 Å². The molecule has 2 heterocycles. The predicted molar refractivity (Wildman–Crippen MR) is 108 cm³/mol. The third kappa shape index (κ3) is 2.54. The predicted octanol–water partition coefficient (Wildman–Crippen LogP) is 5.00. The number of rotatable bonds is 1. The van der Waals surface area contributed by atoms with Gasteiger partial charge in [0.1, 0.15) is 0 Å². The highest BCUT2D eigenvalue weighted by molar-refractivity contribution is 6.35. The fraction of sp³-hybridized carbons (Fsp3) is 0.136. The van der Waals surface area contributed by atoms with Gasteiger partial charge in [-0.25, -0.2) is 0 Å². The van der Waals surface area contributed by atoms with Crippen molar-refractivity contribution in [3.05, 3.63) is 76.4 Å². The molecule has 138 valence electrons. The van der Waals surface area contributed by atoms with Gasteiger partial charge in [-0.15, -0.1) is 0 Å². The van der Waals surface area contributed by atoms with Crippen molar-refractivity contribution in [3.63, 3.8) is 0 Å². The van der Waals surface area contributed by atoms with Crippen molar-refractivity contribution in [2.24, 2.45) is 0 Å². The number of carbonyl (C=O) groups is 2. The van der Waals surface area contributed by atoms with E-state index in [1.165, 1.54) is 16.4 Å². The number of fused-ring (bicyclic) bond motifs is 3. The molecule has 1 aliphatic rings. The molecule has 1 aliphatic heterocycles. The first kappa shape index (κ1) is 18.0. The number of nitrogens with zero attached hydrogens (tertiary/aromatic N) is 3. The standard InChI is InChI=1S/C22H16ClN3O2/c1-13-12-25(14(2)27)21-16-9-6-10-17(23)20(16)26(18(11-24)19(13)21)22(28)15-7-4-3-5-8-15/h3-10,12,18H,1-2H3. The van der Waals surface area contributed by atoms with E-state index in [0.717, 1.165) is 5.56 Å². The summed E-state index contributed by atoms with van der Waals surface area (Å²) in [5.74, 6) is -0.489. The zero-order chi connectivity index (χ0) is 20.0. The van der Waals surface area contributed by atoms with Gasteiger partial charge in [0, 0.05) is 29.8 Å². The minimum Gasteiger partial charge on any atom is -0.287 e. The average Bonchev–Trinajstić information content (AvgIpc) is 3.05. The lowest BCUT2D eigenvalue weighted by molar-refractivity contribution is 0.0938. The summed E-state index contributed by atoms with van der Waals surface area (Å²) in [6, 6.07) is 15.4. The second kappa shape index (κ2) is 6.66. The summed E-state index contributed by atoms with van der Waals surface area (Å²) in [4.78, 5) is 27.0. The van der Waals surface area contributed by atoms with Crippen LogP contribution in [0.5, 0.6) is 0 Å². The van der Waals surface area contributed by atoms with Gasteiger partial charge < -0.3 is 0 Å². The quantitative estimate of drug-likeness (QED) is 0.588. The highest BCUT2D eigenvalue weighted by Crippen LogP contribution is 2.49. The molecule has 6 heteroatoms. The molecule has 0 saturated heterocycles. The Kier molecular flexibility index (Phi) is 4.29. The van der Waals surface area contributed by atoms with Crippen LogP contribution in [0.1, 0.15) is 39.2 Å². The number of hydrogen-bond donors (Lipinski definition) is 0. The van der Waals surface area contributed by atoms with E-state index in [1.807, 2.05) is 19.1 Å². The molecule has 0 bridgehead atoms. The lowest BCUT2D eigenvalue weighted by Gasteiger charge is -2.35. The van der Waals surface area contributed by atoms with E-state index in [4.69, 9.17) is 11.6 Å². The molecule has 1 aromatic heterocycles. The van der Waals surface area contributed by atoms with Crippen LogP contribution in [0.4, 0.5) is 5.69 Å². The lowest BCUT2D eigenvalue weighted by atomic mass is 9.91. The molecule has 0 aliphatic carbocycles. The molecule has 0 radical (unpaired) electrons. The van der Waals surface area contributed by atoms with Crippen LogP contribution in [-0.2, 0) is 0 Å². The normalized spacial score (nSPS) is 14.8. The molecule has 1 atom stereocenters. The minimum absolute atomic E-state index is 0.171. The van der Waals surface area contributed by atoms with Gasteiger partial charge in [0.05, 0.1) is 22.5 Å². The van der Waals surface area contributed by atoms with Gasteiger partial charge in [-0.3, -0.25) is 19.1 Å². The van der Waals surface area contributed by atoms with E-state index in [0.29, 0.717) is 33.1 Å². The number of carbonyl (C=O) groups excluding carboxylic acids is 2. The number of anilines is 1. The van der Waals surface area contributed by atoms with Crippen LogP contribution in [-0.4, -0.2) is 16.4 Å². The Morgan fingerprint density at radius 3 is 2.46 bits per heavy atom. The second-order valence-electron chi connectivity index (χ2n) is 6.67. The fourth-order valence-corrected chi connectivity index (χ4v) is 4.05. The molecule has 0 saturated carbocycles. The van der Waals surface area contributed by atoms with Gasteiger partial charge in [0.25, 0.3) is 5.91 Å². The van der Waals surface area contributed by atoms with Crippen molar-refractivity contribution in [3.8, 4) is 17.3 Å². The van der Waals surface area contributed by atoms with Crippen LogP contribution in [0.25, 0.3) is 11.3 Å². The molecular formula is C22H16ClN3O2. The fourth-order valence-electron chi connectivity index (χ4n) is 3.78. The van der Waals surface area contributed by atoms with E-state index in [-0.39, 0.29) is 11.8 Å². The SMILES string of the molecule is CC(=O)n1cc(C)c2c1-c1cccc(Cl)c1N(C(=O)c1ccccc1)C2C#N. The van der Waals surface area contributed by atoms with Crippen molar-refractivity contribution >= 4 is 29.1 Å². The molecule has 1 amide bonds. The molecular weight excluding hydrogens is 374 g/mol. The largest absolute Gasteiger partial charge is 0.287 e. The molecule has 3 aromatic rings. The number of nitriles is 1. The van der Waals surface area contributed by atoms with E-state index in [9.17, 15) is 14.9 Å². The number of hydrogen-bond acceptors (Lipinski definition) is 3. The first-order chi connectivity index (χ1) is 13.5. The Balaban J connectivity index is 2.05. The molecule has 2 aromatic carbocycles. The first-order valence-electron chi connectivity index (χ1n) is 8.75. The third-order valence-corrected chi connectivity index (χ3v) is 5.26. The highest BCUT2D eigenvalue weighted by Gasteiger charge is 2.40. The van der Waals surface area contributed by atoms with Gasteiger partial charge in [-0.2, -0.15) is 5.26 Å². The topological polar surface area (TPSA) is 66.1 Å². The third-order valence-electron chi connectivity index (χ3n) is 4.96. The highest BCUT2D eigenvalue weighted by atomic mass is 35.5. The maximum Gasteiger partial charge on any atom is 0.259 e. The van der Waals surface area contributed by atoms with E-state index in [1.54, 1.807) is 42.6 Å². The van der Waals surface area contributed by atoms with Gasteiger partial charge in [0.15, 0.2) is 6.04 Å². The number of aryl methyl sites for hydroxylation is 1. The van der Waals surface area contributed by atoms with Crippen LogP contribution < -0.4 is 4.90 Å². The number of aromatic nitrogens is 1. The van der Waals surface area contributed by atoms with Gasteiger partial charge in [-0.1, -0.05) is 41.9 Å². The summed E-state index contributed by atoms with van der Waals surface area (Å²) >= 11 is 6.50. The molecule has 0 spiro atoms. The summed E-state index contributed by atoms with van der Waals surface area (Å²) in [6.45, 7) is 3.30. The van der Waals surface area contributed by atoms with Crippen LogP contribution in [0.2, 0.25) is 5.02 Å². The monoisotopic (exact) mass is 389 g/mol. The number of para-hydroxylation sites is 1. The van der Waals surface area contributed by atoms with E-state index < -0.39 is 6.04 Å². The molecule has 5 nitrogen and oxygen atoms in total. The summed E-state index contributed by atoms with van der Waals surface area (Å²) in [5, 5.41) is 10.4. The average molecular weight is 390 g/mol. The molecule has 0 fully saturated rings. The Bertz CT molecular complexity index is 1160. The van der Waals surface area contributed by atoms with Crippen molar-refractivity contribution < 1.29 is 9.59 Å².